The minimum atomic E-state index is -3.68. The first kappa shape index (κ1) is 23.3. The normalized spacial score (nSPS) is 16.5. The Hall–Kier alpha value is -2.33. The topological polar surface area (TPSA) is 88.2 Å². The molecule has 0 saturated carbocycles. The lowest BCUT2D eigenvalue weighted by atomic mass is 10.2. The van der Waals surface area contributed by atoms with Gasteiger partial charge in [-0.15, -0.1) is 0 Å². The Kier molecular flexibility index (Phi) is 7.42. The SMILES string of the molecule is COc1ccc(NC(=O)C(C)N2CCN(S(=O)(=O)c3ccccc3Cl)CC2)cc1OC. The van der Waals surface area contributed by atoms with Crippen LogP contribution in [0.3, 0.4) is 0 Å². The highest BCUT2D eigenvalue weighted by atomic mass is 35.5. The van der Waals surface area contributed by atoms with Gasteiger partial charge in [0.15, 0.2) is 11.5 Å². The number of nitrogens with one attached hydrogen (secondary N) is 1. The van der Waals surface area contributed by atoms with Crippen LogP contribution in [0.4, 0.5) is 5.69 Å². The van der Waals surface area contributed by atoms with Crippen molar-refractivity contribution < 1.29 is 22.7 Å². The second-order valence-corrected chi connectivity index (χ2v) is 9.42. The van der Waals surface area contributed by atoms with Crippen molar-refractivity contribution in [1.82, 2.24) is 9.21 Å². The third-order valence-corrected chi connectivity index (χ3v) is 7.70. The third-order valence-electron chi connectivity index (χ3n) is 5.31. The molecule has 1 atom stereocenters. The number of ether oxygens (including phenoxy) is 2. The molecular weight excluding hydrogens is 442 g/mol. The van der Waals surface area contributed by atoms with Gasteiger partial charge in [-0.2, -0.15) is 4.31 Å². The molecule has 1 saturated heterocycles. The summed E-state index contributed by atoms with van der Waals surface area (Å²) < 4.78 is 37.7. The lowest BCUT2D eigenvalue weighted by molar-refractivity contribution is -0.121. The van der Waals surface area contributed by atoms with Crippen LogP contribution in [0.5, 0.6) is 11.5 Å². The molecule has 0 radical (unpaired) electrons. The van der Waals surface area contributed by atoms with Gasteiger partial charge in [0.25, 0.3) is 0 Å². The van der Waals surface area contributed by atoms with E-state index in [0.717, 1.165) is 0 Å². The fourth-order valence-corrected chi connectivity index (χ4v) is 5.37. The minimum absolute atomic E-state index is 0.101. The Morgan fingerprint density at radius 3 is 2.29 bits per heavy atom. The zero-order valence-corrected chi connectivity index (χ0v) is 19.2. The molecule has 0 aliphatic carbocycles. The molecule has 0 aromatic heterocycles. The Morgan fingerprint density at radius 1 is 1.03 bits per heavy atom. The highest BCUT2D eigenvalue weighted by Crippen LogP contribution is 2.30. The van der Waals surface area contributed by atoms with Crippen LogP contribution < -0.4 is 14.8 Å². The monoisotopic (exact) mass is 467 g/mol. The van der Waals surface area contributed by atoms with E-state index in [1.807, 2.05) is 4.90 Å². The van der Waals surface area contributed by atoms with E-state index in [2.05, 4.69) is 5.32 Å². The van der Waals surface area contributed by atoms with Crippen molar-refractivity contribution in [2.24, 2.45) is 0 Å². The molecule has 1 N–H and O–H groups in total. The summed E-state index contributed by atoms with van der Waals surface area (Å²) in [5.41, 5.74) is 0.592. The van der Waals surface area contributed by atoms with Gasteiger partial charge in [0.1, 0.15) is 4.90 Å². The standard InChI is InChI=1S/C21H26ClN3O5S/c1-15(21(26)23-16-8-9-18(29-2)19(14-16)30-3)24-10-12-25(13-11-24)31(27,28)20-7-5-4-6-17(20)22/h4-9,14-15H,10-13H2,1-3H3,(H,23,26). The van der Waals surface area contributed by atoms with Crippen molar-refractivity contribution in [1.29, 1.82) is 0 Å². The third kappa shape index (κ3) is 5.12. The fraction of sp³-hybridized carbons (Fsp3) is 0.381. The van der Waals surface area contributed by atoms with Crippen molar-refractivity contribution in [3.8, 4) is 11.5 Å². The summed E-state index contributed by atoms with van der Waals surface area (Å²) in [5.74, 6) is 0.908. The number of hydrogen-bond donors (Lipinski definition) is 1. The van der Waals surface area contributed by atoms with Crippen LogP contribution in [0.2, 0.25) is 5.02 Å². The molecule has 3 rings (SSSR count). The Balaban J connectivity index is 1.62. The number of piperazine rings is 1. The lowest BCUT2D eigenvalue weighted by Crippen LogP contribution is -2.53. The molecule has 2 aromatic rings. The first-order valence-corrected chi connectivity index (χ1v) is 11.6. The molecule has 2 aromatic carbocycles. The molecule has 1 aliphatic rings. The molecular formula is C21H26ClN3O5S. The van der Waals surface area contributed by atoms with E-state index < -0.39 is 16.1 Å². The number of benzene rings is 2. The molecule has 1 amide bonds. The first-order valence-electron chi connectivity index (χ1n) is 9.79. The van der Waals surface area contributed by atoms with E-state index >= 15 is 0 Å². The second-order valence-electron chi connectivity index (χ2n) is 7.11. The molecule has 0 bridgehead atoms. The van der Waals surface area contributed by atoms with E-state index in [0.29, 0.717) is 30.3 Å². The number of hydrogen-bond acceptors (Lipinski definition) is 6. The second kappa shape index (κ2) is 9.86. The quantitative estimate of drug-likeness (QED) is 0.673. The number of amides is 1. The van der Waals surface area contributed by atoms with Crippen LogP contribution >= 0.6 is 11.6 Å². The van der Waals surface area contributed by atoms with E-state index in [-0.39, 0.29) is 28.9 Å². The van der Waals surface area contributed by atoms with Gasteiger partial charge in [0.2, 0.25) is 15.9 Å². The van der Waals surface area contributed by atoms with E-state index in [1.54, 1.807) is 50.4 Å². The number of rotatable bonds is 7. The largest absolute Gasteiger partial charge is 0.493 e. The summed E-state index contributed by atoms with van der Waals surface area (Å²) in [4.78, 5) is 14.8. The highest BCUT2D eigenvalue weighted by Gasteiger charge is 2.32. The summed E-state index contributed by atoms with van der Waals surface area (Å²) in [6, 6.07) is 11.1. The Bertz CT molecular complexity index is 1040. The van der Waals surface area contributed by atoms with Crippen LogP contribution in [-0.2, 0) is 14.8 Å². The van der Waals surface area contributed by atoms with Gasteiger partial charge in [-0.05, 0) is 31.2 Å². The number of anilines is 1. The zero-order valence-electron chi connectivity index (χ0n) is 17.7. The van der Waals surface area contributed by atoms with E-state index in [9.17, 15) is 13.2 Å². The van der Waals surface area contributed by atoms with Gasteiger partial charge in [-0.3, -0.25) is 9.69 Å². The highest BCUT2D eigenvalue weighted by molar-refractivity contribution is 7.89. The predicted octanol–water partition coefficient (Wildman–Crippen LogP) is 2.69. The van der Waals surface area contributed by atoms with Gasteiger partial charge in [-0.25, -0.2) is 8.42 Å². The predicted molar refractivity (Wildman–Crippen MR) is 119 cm³/mol. The number of sulfonamides is 1. The van der Waals surface area contributed by atoms with E-state index in [4.69, 9.17) is 21.1 Å². The van der Waals surface area contributed by atoms with Crippen molar-refractivity contribution in [3.05, 3.63) is 47.5 Å². The molecule has 0 spiro atoms. The van der Waals surface area contributed by atoms with Gasteiger partial charge in [-0.1, -0.05) is 23.7 Å². The summed E-state index contributed by atoms with van der Waals surface area (Å²) in [6.07, 6.45) is 0. The first-order chi connectivity index (χ1) is 14.8. The van der Waals surface area contributed by atoms with Gasteiger partial charge >= 0.3 is 0 Å². The maximum absolute atomic E-state index is 12.9. The van der Waals surface area contributed by atoms with Gasteiger partial charge in [0, 0.05) is 37.9 Å². The number of methoxy groups -OCH3 is 2. The molecule has 1 aliphatic heterocycles. The Labute approximate surface area is 187 Å². The van der Waals surface area contributed by atoms with Crippen molar-refractivity contribution in [2.45, 2.75) is 17.9 Å². The van der Waals surface area contributed by atoms with Crippen LogP contribution in [0.1, 0.15) is 6.92 Å². The summed E-state index contributed by atoms with van der Waals surface area (Å²) >= 11 is 6.08. The summed E-state index contributed by atoms with van der Waals surface area (Å²) in [6.45, 7) is 3.23. The van der Waals surface area contributed by atoms with Crippen molar-refractivity contribution in [2.75, 3.05) is 45.7 Å². The number of halogens is 1. The van der Waals surface area contributed by atoms with Crippen LogP contribution in [0, 0.1) is 0 Å². The molecule has 8 nitrogen and oxygen atoms in total. The maximum atomic E-state index is 12.9. The minimum Gasteiger partial charge on any atom is -0.493 e. The molecule has 168 valence electrons. The van der Waals surface area contributed by atoms with Crippen LogP contribution in [0.15, 0.2) is 47.4 Å². The van der Waals surface area contributed by atoms with Crippen LogP contribution in [0.25, 0.3) is 0 Å². The zero-order chi connectivity index (χ0) is 22.6. The molecule has 1 unspecified atom stereocenters. The van der Waals surface area contributed by atoms with Crippen molar-refractivity contribution in [3.63, 3.8) is 0 Å². The smallest absolute Gasteiger partial charge is 0.244 e. The average Bonchev–Trinajstić information content (AvgIpc) is 2.78. The van der Waals surface area contributed by atoms with E-state index in [1.165, 1.54) is 17.5 Å². The maximum Gasteiger partial charge on any atom is 0.244 e. The molecule has 1 heterocycles. The van der Waals surface area contributed by atoms with Gasteiger partial charge in [0.05, 0.1) is 25.3 Å². The summed E-state index contributed by atoms with van der Waals surface area (Å²) in [5, 5.41) is 3.08. The molecule has 1 fully saturated rings. The number of nitrogens with zero attached hydrogens (tertiary/aromatic N) is 2. The average molecular weight is 468 g/mol. The number of carbonyl (C=O) groups excluding carboxylic acids is 1. The lowest BCUT2D eigenvalue weighted by Gasteiger charge is -2.36. The number of carbonyl (C=O) groups is 1. The van der Waals surface area contributed by atoms with Crippen LogP contribution in [-0.4, -0.2) is 70.0 Å². The summed E-state index contributed by atoms with van der Waals surface area (Å²) in [7, 11) is -0.601. The Morgan fingerprint density at radius 2 is 1.68 bits per heavy atom. The molecule has 10 heteroatoms. The fourth-order valence-electron chi connectivity index (χ4n) is 3.45. The van der Waals surface area contributed by atoms with Crippen molar-refractivity contribution >= 4 is 33.2 Å². The van der Waals surface area contributed by atoms with Gasteiger partial charge < -0.3 is 14.8 Å². The molecule has 31 heavy (non-hydrogen) atoms.